The van der Waals surface area contributed by atoms with Crippen molar-refractivity contribution in [3.8, 4) is 5.75 Å². The summed E-state index contributed by atoms with van der Waals surface area (Å²) in [6.45, 7) is 4.92. The van der Waals surface area contributed by atoms with Gasteiger partial charge >= 0.3 is 0 Å². The molecule has 32 heavy (non-hydrogen) atoms. The minimum Gasteiger partial charge on any atom is -0.466 e. The number of nitrogens with zero attached hydrogens (tertiary/aromatic N) is 3. The van der Waals surface area contributed by atoms with E-state index in [2.05, 4.69) is 74.4 Å². The Hall–Kier alpha value is -2.57. The number of hydrazone groups is 1. The van der Waals surface area contributed by atoms with Crippen LogP contribution < -0.4 is 4.74 Å². The van der Waals surface area contributed by atoms with Crippen LogP contribution in [0.3, 0.4) is 0 Å². The minimum atomic E-state index is -0.415. The molecule has 0 amide bonds. The molecule has 0 bridgehead atoms. The Bertz CT molecular complexity index is 1160. The van der Waals surface area contributed by atoms with Crippen molar-refractivity contribution in [1.29, 1.82) is 0 Å². The van der Waals surface area contributed by atoms with Crippen molar-refractivity contribution < 1.29 is 9.15 Å². The second-order valence-corrected chi connectivity index (χ2v) is 9.93. The van der Waals surface area contributed by atoms with Crippen molar-refractivity contribution in [2.75, 3.05) is 13.1 Å². The van der Waals surface area contributed by atoms with E-state index in [1.807, 2.05) is 19.1 Å². The Kier molecular flexibility index (Phi) is 4.88. The van der Waals surface area contributed by atoms with Crippen LogP contribution in [0.2, 0.25) is 0 Å². The van der Waals surface area contributed by atoms with E-state index < -0.39 is 5.72 Å². The quantitative estimate of drug-likeness (QED) is 0.458. The van der Waals surface area contributed by atoms with Gasteiger partial charge in [-0.25, -0.2) is 5.01 Å². The van der Waals surface area contributed by atoms with Gasteiger partial charge in [0.2, 0.25) is 5.72 Å². The molecular formula is C26H26BrN3O2. The molecule has 0 N–H and O–H groups in total. The maximum absolute atomic E-state index is 6.76. The van der Waals surface area contributed by atoms with Gasteiger partial charge in [-0.3, -0.25) is 4.90 Å². The van der Waals surface area contributed by atoms with E-state index in [-0.39, 0.29) is 6.04 Å². The zero-order chi connectivity index (χ0) is 21.7. The van der Waals surface area contributed by atoms with Gasteiger partial charge < -0.3 is 9.15 Å². The molecular weight excluding hydrogens is 466 g/mol. The number of benzene rings is 2. The number of aryl methyl sites for hydroxylation is 1. The van der Waals surface area contributed by atoms with Gasteiger partial charge in [-0.05, 0) is 42.8 Å². The minimum absolute atomic E-state index is 0.164. The number of halogens is 1. The van der Waals surface area contributed by atoms with Crippen LogP contribution >= 0.6 is 15.9 Å². The van der Waals surface area contributed by atoms with Crippen LogP contribution in [-0.4, -0.2) is 34.4 Å². The van der Waals surface area contributed by atoms with Gasteiger partial charge in [0.1, 0.15) is 23.0 Å². The summed E-state index contributed by atoms with van der Waals surface area (Å²) >= 11 is 3.64. The summed E-state index contributed by atoms with van der Waals surface area (Å²) in [4.78, 5) is 2.52. The fourth-order valence-corrected chi connectivity index (χ4v) is 5.60. The molecule has 3 aromatic rings. The molecule has 1 spiro atoms. The predicted molar refractivity (Wildman–Crippen MR) is 128 cm³/mol. The maximum atomic E-state index is 6.76. The van der Waals surface area contributed by atoms with Crippen molar-refractivity contribution in [1.82, 2.24) is 9.91 Å². The third-order valence-electron chi connectivity index (χ3n) is 6.87. The molecule has 3 aliphatic heterocycles. The summed E-state index contributed by atoms with van der Waals surface area (Å²) in [5, 5.41) is 7.35. The summed E-state index contributed by atoms with van der Waals surface area (Å²) in [6.07, 6.45) is 2.66. The van der Waals surface area contributed by atoms with Gasteiger partial charge in [0.15, 0.2) is 0 Å². The highest BCUT2D eigenvalue weighted by Crippen LogP contribution is 2.50. The number of piperidine rings is 1. The van der Waals surface area contributed by atoms with E-state index in [1.54, 1.807) is 0 Å². The second kappa shape index (κ2) is 7.78. The monoisotopic (exact) mass is 491 g/mol. The van der Waals surface area contributed by atoms with Crippen molar-refractivity contribution in [2.45, 2.75) is 44.5 Å². The first-order valence-electron chi connectivity index (χ1n) is 11.3. The molecule has 4 heterocycles. The normalized spacial score (nSPS) is 21.8. The number of rotatable bonds is 3. The van der Waals surface area contributed by atoms with Gasteiger partial charge in [-0.1, -0.05) is 46.3 Å². The molecule has 3 aliphatic rings. The Morgan fingerprint density at radius 1 is 1.06 bits per heavy atom. The van der Waals surface area contributed by atoms with Gasteiger partial charge in [-0.15, -0.1) is 0 Å². The Morgan fingerprint density at radius 3 is 2.62 bits per heavy atom. The fraction of sp³-hybridized carbons (Fsp3) is 0.346. The molecule has 5 nitrogen and oxygen atoms in total. The van der Waals surface area contributed by atoms with Crippen molar-refractivity contribution in [3.63, 3.8) is 0 Å². The number of furan rings is 1. The maximum Gasteiger partial charge on any atom is 0.200 e. The number of hydrogen-bond donors (Lipinski definition) is 0. The molecule has 6 rings (SSSR count). The third-order valence-corrected chi connectivity index (χ3v) is 7.36. The van der Waals surface area contributed by atoms with E-state index in [4.69, 9.17) is 14.3 Å². The summed E-state index contributed by atoms with van der Waals surface area (Å²) in [5.74, 6) is 2.76. The first kappa shape index (κ1) is 20.1. The number of hydrogen-bond acceptors (Lipinski definition) is 5. The van der Waals surface area contributed by atoms with Gasteiger partial charge in [0.25, 0.3) is 0 Å². The molecule has 1 atom stereocenters. The highest BCUT2D eigenvalue weighted by atomic mass is 79.9. The van der Waals surface area contributed by atoms with Gasteiger partial charge in [-0.2, -0.15) is 5.10 Å². The number of ether oxygens (including phenoxy) is 1. The van der Waals surface area contributed by atoms with Crippen LogP contribution in [0.5, 0.6) is 5.75 Å². The Morgan fingerprint density at radius 2 is 1.88 bits per heavy atom. The van der Waals surface area contributed by atoms with E-state index >= 15 is 0 Å². The van der Waals surface area contributed by atoms with E-state index in [9.17, 15) is 0 Å². The van der Waals surface area contributed by atoms with Crippen molar-refractivity contribution in [2.24, 2.45) is 5.10 Å². The van der Waals surface area contributed by atoms with E-state index in [0.29, 0.717) is 0 Å². The lowest BCUT2D eigenvalue weighted by Crippen LogP contribution is -2.59. The first-order chi connectivity index (χ1) is 15.6. The van der Waals surface area contributed by atoms with Gasteiger partial charge in [0.05, 0.1) is 6.04 Å². The molecule has 0 radical (unpaired) electrons. The summed E-state index contributed by atoms with van der Waals surface area (Å²) in [5.41, 5.74) is 3.14. The molecule has 1 saturated heterocycles. The Balaban J connectivity index is 1.31. The van der Waals surface area contributed by atoms with E-state index in [0.717, 1.165) is 66.4 Å². The SMILES string of the molecule is Cc1ccc(C2=NN3[C@@H](C2)c2cc(Br)ccc2OC32CCN(Cc3ccccc3)CC2)o1. The summed E-state index contributed by atoms with van der Waals surface area (Å²) in [6, 6.07) is 21.3. The van der Waals surface area contributed by atoms with Crippen LogP contribution in [0, 0.1) is 6.92 Å². The summed E-state index contributed by atoms with van der Waals surface area (Å²) < 4.78 is 13.8. The van der Waals surface area contributed by atoms with Crippen molar-refractivity contribution >= 4 is 21.6 Å². The van der Waals surface area contributed by atoms with E-state index in [1.165, 1.54) is 11.1 Å². The largest absolute Gasteiger partial charge is 0.466 e. The van der Waals surface area contributed by atoms with Crippen LogP contribution in [0.15, 0.2) is 74.7 Å². The summed E-state index contributed by atoms with van der Waals surface area (Å²) in [7, 11) is 0. The molecule has 1 aromatic heterocycles. The molecule has 164 valence electrons. The van der Waals surface area contributed by atoms with Gasteiger partial charge in [0, 0.05) is 48.9 Å². The highest BCUT2D eigenvalue weighted by molar-refractivity contribution is 9.10. The number of fused-ring (bicyclic) bond motifs is 4. The lowest BCUT2D eigenvalue weighted by molar-refractivity contribution is -0.150. The smallest absolute Gasteiger partial charge is 0.200 e. The van der Waals surface area contributed by atoms with Crippen LogP contribution in [0.4, 0.5) is 0 Å². The second-order valence-electron chi connectivity index (χ2n) is 9.01. The molecule has 0 saturated carbocycles. The standard InChI is InChI=1S/C26H26BrN3O2/c1-18-7-9-25(31-18)22-16-23-21-15-20(27)8-10-24(21)32-26(30(23)28-22)11-13-29(14-12-26)17-19-5-3-2-4-6-19/h2-10,15,23H,11-14,16-17H2,1H3/t23-/m0/s1. The zero-order valence-corrected chi connectivity index (χ0v) is 19.7. The molecule has 1 fully saturated rings. The lowest BCUT2D eigenvalue weighted by Gasteiger charge is -2.51. The average Bonchev–Trinajstić information content (AvgIpc) is 3.44. The highest BCUT2D eigenvalue weighted by Gasteiger charge is 2.52. The zero-order valence-electron chi connectivity index (χ0n) is 18.1. The van der Waals surface area contributed by atoms with Crippen LogP contribution in [0.25, 0.3) is 0 Å². The topological polar surface area (TPSA) is 41.2 Å². The van der Waals surface area contributed by atoms with Crippen LogP contribution in [0.1, 0.15) is 48.0 Å². The predicted octanol–water partition coefficient (Wildman–Crippen LogP) is 5.89. The molecule has 2 aromatic carbocycles. The molecule has 0 aliphatic carbocycles. The molecule has 6 heteroatoms. The third kappa shape index (κ3) is 3.46. The number of likely N-dealkylation sites (tertiary alicyclic amines) is 1. The Labute approximate surface area is 196 Å². The lowest BCUT2D eigenvalue weighted by atomic mass is 9.91. The van der Waals surface area contributed by atoms with Crippen LogP contribution in [-0.2, 0) is 6.54 Å². The molecule has 0 unspecified atom stereocenters. The fourth-order valence-electron chi connectivity index (χ4n) is 5.22. The average molecular weight is 492 g/mol. The van der Waals surface area contributed by atoms with Crippen molar-refractivity contribution in [3.05, 3.63) is 87.8 Å². The first-order valence-corrected chi connectivity index (χ1v) is 12.1.